The fourth-order valence-electron chi connectivity index (χ4n) is 5.79. The van der Waals surface area contributed by atoms with Crippen molar-refractivity contribution in [2.75, 3.05) is 32.6 Å². The molecule has 4 rings (SSSR count). The van der Waals surface area contributed by atoms with Crippen molar-refractivity contribution < 1.29 is 14.3 Å². The molecule has 0 saturated carbocycles. The number of ether oxygens (including phenoxy) is 2. The van der Waals surface area contributed by atoms with E-state index in [0.29, 0.717) is 17.5 Å². The number of anilines is 1. The van der Waals surface area contributed by atoms with Crippen LogP contribution in [0.3, 0.4) is 0 Å². The molecule has 0 radical (unpaired) electrons. The molecule has 1 N–H and O–H groups in total. The van der Waals surface area contributed by atoms with Crippen molar-refractivity contribution in [1.82, 2.24) is 4.90 Å². The molecule has 2 fully saturated rings. The summed E-state index contributed by atoms with van der Waals surface area (Å²) in [5.41, 5.74) is 4.16. The lowest BCUT2D eigenvalue weighted by atomic mass is 9.66. The van der Waals surface area contributed by atoms with Crippen molar-refractivity contribution in [3.05, 3.63) is 53.9 Å². The Bertz CT molecular complexity index is 818. The Morgan fingerprint density at radius 1 is 1.39 bits per heavy atom. The number of hydrogen-bond acceptors (Lipinski definition) is 5. The van der Waals surface area contributed by atoms with E-state index in [4.69, 9.17) is 9.47 Å². The number of para-hydroxylation sites is 1. The predicted molar refractivity (Wildman–Crippen MR) is 110 cm³/mol. The fraction of sp³-hybridized carbons (Fsp3) is 0.522. The number of nitrogens with one attached hydrogen (secondary N) is 1. The van der Waals surface area contributed by atoms with E-state index in [1.807, 2.05) is 0 Å². The Hall–Kier alpha value is -2.27. The van der Waals surface area contributed by atoms with Gasteiger partial charge in [0.05, 0.1) is 31.5 Å². The average Bonchev–Trinajstić information content (AvgIpc) is 3.23. The highest BCUT2D eigenvalue weighted by Crippen LogP contribution is 2.56. The van der Waals surface area contributed by atoms with E-state index in [-0.39, 0.29) is 17.3 Å². The minimum Gasteiger partial charge on any atom is -0.504 e. The summed E-state index contributed by atoms with van der Waals surface area (Å²) in [5, 5.41) is 3.54. The van der Waals surface area contributed by atoms with Gasteiger partial charge in [0.1, 0.15) is 0 Å². The highest BCUT2D eigenvalue weighted by molar-refractivity contribution is 5.88. The Kier molecular flexibility index (Phi) is 4.96. The van der Waals surface area contributed by atoms with Crippen molar-refractivity contribution >= 4 is 11.7 Å². The van der Waals surface area contributed by atoms with Crippen LogP contribution in [-0.4, -0.2) is 44.2 Å². The van der Waals surface area contributed by atoms with E-state index in [1.165, 1.54) is 18.4 Å². The molecule has 28 heavy (non-hydrogen) atoms. The summed E-state index contributed by atoms with van der Waals surface area (Å²) in [6.07, 6.45) is 4.57. The third-order valence-corrected chi connectivity index (χ3v) is 7.14. The maximum atomic E-state index is 12.5. The van der Waals surface area contributed by atoms with E-state index < -0.39 is 0 Å². The lowest BCUT2D eigenvalue weighted by Crippen LogP contribution is -2.51. The molecule has 5 nitrogen and oxygen atoms in total. The van der Waals surface area contributed by atoms with Gasteiger partial charge in [-0.1, -0.05) is 38.1 Å². The number of rotatable bonds is 4. The number of piperidine rings is 1. The van der Waals surface area contributed by atoms with Crippen molar-refractivity contribution in [3.8, 4) is 0 Å². The molecule has 3 aliphatic rings. The lowest BCUT2D eigenvalue weighted by Gasteiger charge is -2.46. The molecule has 0 aliphatic carbocycles. The van der Waals surface area contributed by atoms with Gasteiger partial charge in [-0.05, 0) is 42.9 Å². The van der Waals surface area contributed by atoms with E-state index in [1.54, 1.807) is 13.4 Å². The standard InChI is InChI=1S/C23H30N2O3/c1-5-16-13-25-11-10-23(15(2)24-20-9-7-6-8-19(20)23)21(25)12-17(16)18(14-27-3)22(26)28-4/h6-9,14,16-17,21,24H,2,5,10-13H2,1,3-4H3/t16-,17-,21?,23-/m0/s1. The van der Waals surface area contributed by atoms with Crippen LogP contribution in [0.5, 0.6) is 0 Å². The van der Waals surface area contributed by atoms with Gasteiger partial charge in [-0.3, -0.25) is 4.90 Å². The van der Waals surface area contributed by atoms with Crippen LogP contribution in [0, 0.1) is 11.8 Å². The number of esters is 1. The summed E-state index contributed by atoms with van der Waals surface area (Å²) >= 11 is 0. The van der Waals surface area contributed by atoms with E-state index in [9.17, 15) is 4.79 Å². The zero-order valence-corrected chi connectivity index (χ0v) is 17.0. The van der Waals surface area contributed by atoms with Gasteiger partial charge in [0, 0.05) is 24.0 Å². The van der Waals surface area contributed by atoms with Crippen LogP contribution >= 0.6 is 0 Å². The van der Waals surface area contributed by atoms with Crippen molar-refractivity contribution in [2.45, 2.75) is 37.6 Å². The molecule has 0 aromatic heterocycles. The van der Waals surface area contributed by atoms with Crippen molar-refractivity contribution in [3.63, 3.8) is 0 Å². The van der Waals surface area contributed by atoms with Crippen LogP contribution in [-0.2, 0) is 19.7 Å². The van der Waals surface area contributed by atoms with Crippen molar-refractivity contribution in [1.29, 1.82) is 0 Å². The zero-order valence-electron chi connectivity index (χ0n) is 17.0. The van der Waals surface area contributed by atoms with Gasteiger partial charge < -0.3 is 14.8 Å². The van der Waals surface area contributed by atoms with Crippen molar-refractivity contribution in [2.24, 2.45) is 11.8 Å². The molecule has 1 unspecified atom stereocenters. The van der Waals surface area contributed by atoms with Crippen LogP contribution in [0.1, 0.15) is 31.7 Å². The molecular weight excluding hydrogens is 352 g/mol. The number of fused-ring (bicyclic) bond motifs is 4. The van der Waals surface area contributed by atoms with Gasteiger partial charge in [-0.15, -0.1) is 0 Å². The quantitative estimate of drug-likeness (QED) is 0.489. The second kappa shape index (κ2) is 7.28. The number of carbonyl (C=O) groups is 1. The van der Waals surface area contributed by atoms with Gasteiger partial charge in [0.2, 0.25) is 0 Å². The Morgan fingerprint density at radius 2 is 2.18 bits per heavy atom. The molecule has 3 aliphatic heterocycles. The largest absolute Gasteiger partial charge is 0.504 e. The Labute approximate surface area is 167 Å². The van der Waals surface area contributed by atoms with Gasteiger partial charge in [0.25, 0.3) is 0 Å². The highest BCUT2D eigenvalue weighted by atomic mass is 16.5. The summed E-state index contributed by atoms with van der Waals surface area (Å²) in [4.78, 5) is 15.1. The Balaban J connectivity index is 1.74. The third-order valence-electron chi connectivity index (χ3n) is 7.14. The first-order valence-corrected chi connectivity index (χ1v) is 10.2. The number of hydrogen-bond donors (Lipinski definition) is 1. The summed E-state index contributed by atoms with van der Waals surface area (Å²) in [7, 11) is 3.03. The summed E-state index contributed by atoms with van der Waals surface area (Å²) in [5.74, 6) is 0.244. The molecule has 1 aromatic carbocycles. The number of methoxy groups -OCH3 is 2. The average molecular weight is 383 g/mol. The maximum Gasteiger partial charge on any atom is 0.337 e. The van der Waals surface area contributed by atoms with E-state index in [0.717, 1.165) is 38.0 Å². The minimum absolute atomic E-state index is 0.0954. The second-order valence-electron chi connectivity index (χ2n) is 8.19. The zero-order chi connectivity index (χ0) is 19.9. The van der Waals surface area contributed by atoms with E-state index >= 15 is 0 Å². The minimum atomic E-state index is -0.283. The number of carbonyl (C=O) groups excluding carboxylic acids is 1. The molecular formula is C23H30N2O3. The maximum absolute atomic E-state index is 12.5. The molecule has 2 saturated heterocycles. The molecule has 1 aromatic rings. The third kappa shape index (κ3) is 2.67. The van der Waals surface area contributed by atoms with Gasteiger partial charge in [-0.2, -0.15) is 0 Å². The van der Waals surface area contributed by atoms with Crippen LogP contribution in [0.25, 0.3) is 0 Å². The number of nitrogens with zero attached hydrogens (tertiary/aromatic N) is 1. The SMILES string of the molecule is C=C1Nc2ccccc2[C@]12CCN1C[C@H](CC)[C@@H](C(=COC)C(=O)OC)CC12. The first-order chi connectivity index (χ1) is 13.6. The fourth-order valence-corrected chi connectivity index (χ4v) is 5.79. The molecule has 0 bridgehead atoms. The van der Waals surface area contributed by atoms with Gasteiger partial charge in [-0.25, -0.2) is 4.79 Å². The van der Waals surface area contributed by atoms with Crippen LogP contribution in [0.15, 0.2) is 48.4 Å². The summed E-state index contributed by atoms with van der Waals surface area (Å²) in [6.45, 7) is 8.68. The molecule has 5 heteroatoms. The van der Waals surface area contributed by atoms with E-state index in [2.05, 4.69) is 48.0 Å². The summed E-state index contributed by atoms with van der Waals surface area (Å²) in [6, 6.07) is 8.87. The normalized spacial score (nSPS) is 32.0. The molecule has 150 valence electrons. The first kappa shape index (κ1) is 19.1. The second-order valence-corrected chi connectivity index (χ2v) is 8.19. The van der Waals surface area contributed by atoms with Crippen LogP contribution in [0.4, 0.5) is 5.69 Å². The smallest absolute Gasteiger partial charge is 0.337 e. The molecule has 4 atom stereocenters. The monoisotopic (exact) mass is 382 g/mol. The summed E-state index contributed by atoms with van der Waals surface area (Å²) < 4.78 is 10.4. The van der Waals surface area contributed by atoms with Crippen LogP contribution in [0.2, 0.25) is 0 Å². The molecule has 3 heterocycles. The van der Waals surface area contributed by atoms with Gasteiger partial charge in [0.15, 0.2) is 0 Å². The van der Waals surface area contributed by atoms with Gasteiger partial charge >= 0.3 is 5.97 Å². The lowest BCUT2D eigenvalue weighted by molar-refractivity contribution is -0.137. The Morgan fingerprint density at radius 3 is 2.89 bits per heavy atom. The van der Waals surface area contributed by atoms with Crippen LogP contribution < -0.4 is 5.32 Å². The predicted octanol–water partition coefficient (Wildman–Crippen LogP) is 3.69. The highest BCUT2D eigenvalue weighted by Gasteiger charge is 2.57. The number of benzene rings is 1. The first-order valence-electron chi connectivity index (χ1n) is 10.2. The topological polar surface area (TPSA) is 50.8 Å². The molecule has 1 spiro atoms. The molecule has 0 amide bonds.